The van der Waals surface area contributed by atoms with Crippen molar-refractivity contribution in [2.24, 2.45) is 5.16 Å². The van der Waals surface area contributed by atoms with E-state index in [9.17, 15) is 0 Å². The molecule has 0 saturated carbocycles. The molecule has 0 aliphatic rings. The van der Waals surface area contributed by atoms with Crippen molar-refractivity contribution in [3.63, 3.8) is 0 Å². The zero-order valence-corrected chi connectivity index (χ0v) is 4.43. The maximum atomic E-state index is 6.66. The van der Waals surface area contributed by atoms with Gasteiger partial charge in [-0.05, 0) is 6.92 Å². The lowest BCUT2D eigenvalue weighted by atomic mass is 10.8. The van der Waals surface area contributed by atoms with Crippen LogP contribution in [-0.2, 0) is 4.84 Å². The summed E-state index contributed by atoms with van der Waals surface area (Å²) in [6, 6.07) is 0. The van der Waals surface area contributed by atoms with Crippen LogP contribution in [0, 0.1) is 5.41 Å². The first-order chi connectivity index (χ1) is 3.27. The molecular weight excluding hydrogens is 92.1 g/mol. The van der Waals surface area contributed by atoms with Crippen molar-refractivity contribution < 1.29 is 4.84 Å². The molecule has 0 bridgehead atoms. The van der Waals surface area contributed by atoms with Gasteiger partial charge in [-0.3, -0.25) is 5.41 Å². The summed E-state index contributed by atoms with van der Waals surface area (Å²) in [5.41, 5.74) is 0. The van der Waals surface area contributed by atoms with Gasteiger partial charge >= 0.3 is 0 Å². The second-order valence-corrected chi connectivity index (χ2v) is 1.01. The molecule has 7 heavy (non-hydrogen) atoms. The fourth-order valence-corrected chi connectivity index (χ4v) is 0.132. The lowest BCUT2D eigenvalue weighted by Gasteiger charge is -1.86. The molecule has 0 aliphatic heterocycles. The summed E-state index contributed by atoms with van der Waals surface area (Å²) in [5, 5.41) is 9.98. The van der Waals surface area contributed by atoms with Crippen LogP contribution in [0.2, 0.25) is 0 Å². The monoisotopic (exact) mass is 100 g/mol. The second kappa shape index (κ2) is 3.33. The highest BCUT2D eigenvalue weighted by molar-refractivity contribution is 5.69. The Hall–Kier alpha value is -0.860. The molecule has 0 unspecified atom stereocenters. The van der Waals surface area contributed by atoms with Crippen LogP contribution in [-0.4, -0.2) is 12.1 Å². The van der Waals surface area contributed by atoms with Crippen LogP contribution >= 0.6 is 0 Å². The Labute approximate surface area is 42.5 Å². The topological polar surface area (TPSA) is 45.4 Å². The normalized spacial score (nSPS) is 9.43. The van der Waals surface area contributed by atoms with Crippen molar-refractivity contribution in [1.29, 1.82) is 5.41 Å². The third kappa shape index (κ3) is 5.14. The Bertz CT molecular complexity index is 87.7. The van der Waals surface area contributed by atoms with Gasteiger partial charge in [-0.15, -0.1) is 0 Å². The average Bonchev–Trinajstić information content (AvgIpc) is 1.61. The van der Waals surface area contributed by atoms with Gasteiger partial charge in [0.2, 0.25) is 5.90 Å². The Balaban J connectivity index is 3.14. The van der Waals surface area contributed by atoms with Crippen molar-refractivity contribution in [3.8, 4) is 0 Å². The standard InChI is InChI=1S/C4H8N2O/c1-3-6-7-4(2)5/h3,5H,1-2H3/b5-4?,6-3-. The number of hydrogen-bond acceptors (Lipinski definition) is 3. The van der Waals surface area contributed by atoms with Crippen molar-refractivity contribution in [2.45, 2.75) is 13.8 Å². The summed E-state index contributed by atoms with van der Waals surface area (Å²) in [4.78, 5) is 4.34. The van der Waals surface area contributed by atoms with Gasteiger partial charge in [0.05, 0.1) is 0 Å². The van der Waals surface area contributed by atoms with Crippen LogP contribution in [0.3, 0.4) is 0 Å². The smallest absolute Gasteiger partial charge is 0.214 e. The molecule has 0 aromatic heterocycles. The zero-order valence-electron chi connectivity index (χ0n) is 4.43. The molecule has 0 rings (SSSR count). The van der Waals surface area contributed by atoms with Crippen molar-refractivity contribution in [3.05, 3.63) is 0 Å². The van der Waals surface area contributed by atoms with Crippen LogP contribution in [0.4, 0.5) is 0 Å². The third-order valence-electron chi connectivity index (χ3n) is 0.295. The first-order valence-electron chi connectivity index (χ1n) is 1.97. The summed E-state index contributed by atoms with van der Waals surface area (Å²) in [6.45, 7) is 3.25. The summed E-state index contributed by atoms with van der Waals surface area (Å²) in [7, 11) is 0. The lowest BCUT2D eigenvalue weighted by molar-refractivity contribution is 0.324. The SMILES string of the molecule is C/C=N\OC(C)=N. The molecule has 0 atom stereocenters. The molecule has 0 fully saturated rings. The van der Waals surface area contributed by atoms with Crippen LogP contribution in [0.5, 0.6) is 0 Å². The van der Waals surface area contributed by atoms with Crippen molar-refractivity contribution in [2.75, 3.05) is 0 Å². The highest BCUT2D eigenvalue weighted by Gasteiger charge is 1.76. The largest absolute Gasteiger partial charge is 0.343 e. The van der Waals surface area contributed by atoms with E-state index in [-0.39, 0.29) is 5.90 Å². The lowest BCUT2D eigenvalue weighted by Crippen LogP contribution is -1.87. The Morgan fingerprint density at radius 1 is 1.86 bits per heavy atom. The van der Waals surface area contributed by atoms with E-state index in [0.29, 0.717) is 0 Å². The van der Waals surface area contributed by atoms with Gasteiger partial charge in [0.1, 0.15) is 0 Å². The molecule has 0 aliphatic carbocycles. The zero-order chi connectivity index (χ0) is 5.70. The minimum atomic E-state index is 0.109. The second-order valence-electron chi connectivity index (χ2n) is 1.01. The van der Waals surface area contributed by atoms with Gasteiger partial charge in [-0.25, -0.2) is 0 Å². The van der Waals surface area contributed by atoms with Crippen LogP contribution in [0.15, 0.2) is 5.16 Å². The summed E-state index contributed by atoms with van der Waals surface area (Å²) in [6.07, 6.45) is 1.48. The van der Waals surface area contributed by atoms with E-state index in [1.165, 1.54) is 13.1 Å². The van der Waals surface area contributed by atoms with Crippen LogP contribution < -0.4 is 0 Å². The fourth-order valence-electron chi connectivity index (χ4n) is 0.132. The maximum Gasteiger partial charge on any atom is 0.214 e. The summed E-state index contributed by atoms with van der Waals surface area (Å²) in [5.74, 6) is 0.109. The Morgan fingerprint density at radius 2 is 2.43 bits per heavy atom. The highest BCUT2D eigenvalue weighted by atomic mass is 16.6. The van der Waals surface area contributed by atoms with Gasteiger partial charge in [0.15, 0.2) is 0 Å². The molecule has 0 radical (unpaired) electrons. The molecule has 0 spiro atoms. The van der Waals surface area contributed by atoms with E-state index < -0.39 is 0 Å². The molecule has 0 aromatic carbocycles. The van der Waals surface area contributed by atoms with E-state index >= 15 is 0 Å². The first kappa shape index (κ1) is 6.14. The summed E-state index contributed by atoms with van der Waals surface area (Å²) < 4.78 is 0. The van der Waals surface area contributed by atoms with Crippen LogP contribution in [0.25, 0.3) is 0 Å². The number of nitrogens with one attached hydrogen (secondary N) is 1. The predicted octanol–water partition coefficient (Wildman–Crippen LogP) is 1.01. The van der Waals surface area contributed by atoms with Gasteiger partial charge in [-0.1, -0.05) is 5.16 Å². The molecular formula is C4H8N2O. The number of oxime groups is 1. The molecule has 0 aromatic rings. The molecule has 40 valence electrons. The average molecular weight is 100 g/mol. The number of hydrogen-bond donors (Lipinski definition) is 1. The van der Waals surface area contributed by atoms with Crippen molar-refractivity contribution >= 4 is 12.1 Å². The van der Waals surface area contributed by atoms with E-state index in [1.807, 2.05) is 0 Å². The predicted molar refractivity (Wildman–Crippen MR) is 28.7 cm³/mol. The van der Waals surface area contributed by atoms with Gasteiger partial charge in [0.25, 0.3) is 0 Å². The first-order valence-corrected chi connectivity index (χ1v) is 1.97. The van der Waals surface area contributed by atoms with E-state index in [0.717, 1.165) is 0 Å². The highest BCUT2D eigenvalue weighted by Crippen LogP contribution is 1.73. The van der Waals surface area contributed by atoms with Crippen LogP contribution in [0.1, 0.15) is 13.8 Å². The minimum Gasteiger partial charge on any atom is -0.343 e. The van der Waals surface area contributed by atoms with E-state index in [1.54, 1.807) is 6.92 Å². The fraction of sp³-hybridized carbons (Fsp3) is 0.500. The maximum absolute atomic E-state index is 6.66. The van der Waals surface area contributed by atoms with Crippen molar-refractivity contribution in [1.82, 2.24) is 0 Å². The third-order valence-corrected chi connectivity index (χ3v) is 0.295. The molecule has 0 heterocycles. The molecule has 3 nitrogen and oxygen atoms in total. The molecule has 1 N–H and O–H groups in total. The Morgan fingerprint density at radius 3 is 2.57 bits per heavy atom. The minimum absolute atomic E-state index is 0.109. The molecule has 3 heteroatoms. The summed E-state index contributed by atoms with van der Waals surface area (Å²) >= 11 is 0. The number of nitrogens with zero attached hydrogens (tertiary/aromatic N) is 1. The van der Waals surface area contributed by atoms with Gasteiger partial charge in [-0.2, -0.15) is 0 Å². The molecule has 0 amide bonds. The van der Waals surface area contributed by atoms with Gasteiger partial charge in [0, 0.05) is 13.1 Å². The quantitative estimate of drug-likeness (QED) is 0.298. The van der Waals surface area contributed by atoms with E-state index in [2.05, 4.69) is 9.99 Å². The van der Waals surface area contributed by atoms with Gasteiger partial charge < -0.3 is 4.84 Å². The number of rotatable bonds is 1. The Kier molecular flexibility index (Phi) is 2.92. The molecule has 0 saturated heterocycles. The van der Waals surface area contributed by atoms with E-state index in [4.69, 9.17) is 5.41 Å².